The van der Waals surface area contributed by atoms with E-state index in [0.717, 1.165) is 11.4 Å². The molecule has 0 aliphatic heterocycles. The van der Waals surface area contributed by atoms with Crippen LogP contribution in [-0.4, -0.2) is 16.0 Å². The maximum absolute atomic E-state index is 9.62. The van der Waals surface area contributed by atoms with E-state index in [4.69, 9.17) is 12.3 Å². The number of aromatic nitrogens is 2. The Labute approximate surface area is 170 Å². The summed E-state index contributed by atoms with van der Waals surface area (Å²) < 4.78 is 1.65. The van der Waals surface area contributed by atoms with E-state index >= 15 is 0 Å². The fourth-order valence-electron chi connectivity index (χ4n) is 2.89. The largest absolute Gasteiger partial charge is 0.410 e. The van der Waals surface area contributed by atoms with Crippen LogP contribution in [0.5, 0.6) is 0 Å². The van der Waals surface area contributed by atoms with E-state index < -0.39 is 5.41 Å². The fraction of sp³-hybridized carbons (Fsp3) is 0.130. The van der Waals surface area contributed by atoms with Crippen molar-refractivity contribution < 1.29 is 0 Å². The predicted octanol–water partition coefficient (Wildman–Crippen LogP) is 4.51. The molecule has 3 aromatic rings. The molecule has 0 radical (unpaired) electrons. The van der Waals surface area contributed by atoms with Crippen LogP contribution in [0.2, 0.25) is 0 Å². The van der Waals surface area contributed by atoms with Gasteiger partial charge in [0.2, 0.25) is 5.70 Å². The van der Waals surface area contributed by atoms with Crippen LogP contribution < -0.4 is 5.73 Å². The number of allylic oxidation sites excluding steroid dienone is 2. The number of para-hydroxylation sites is 2. The lowest BCUT2D eigenvalue weighted by Crippen LogP contribution is -2.29. The lowest BCUT2D eigenvalue weighted by molar-refractivity contribution is 0.580. The number of nitriles is 1. The number of nitrogens with zero attached hydrogens (tertiary/aromatic N) is 5. The van der Waals surface area contributed by atoms with Gasteiger partial charge in [-0.15, -0.1) is 0 Å². The van der Waals surface area contributed by atoms with E-state index in [0.29, 0.717) is 17.0 Å². The van der Waals surface area contributed by atoms with Gasteiger partial charge in [-0.25, -0.2) is 9.53 Å². The summed E-state index contributed by atoms with van der Waals surface area (Å²) in [6.45, 7) is 11.2. The molecule has 0 spiro atoms. The first-order chi connectivity index (χ1) is 14.0. The van der Waals surface area contributed by atoms with Gasteiger partial charge < -0.3 is 5.73 Å². The maximum atomic E-state index is 9.62. The van der Waals surface area contributed by atoms with E-state index in [2.05, 4.69) is 21.0 Å². The molecular weight excluding hydrogens is 360 g/mol. The Morgan fingerprint density at radius 2 is 1.79 bits per heavy atom. The highest BCUT2D eigenvalue weighted by molar-refractivity contribution is 5.84. The third kappa shape index (κ3) is 4.07. The SMILES string of the molecule is [C-]#[N+]C(C=Nc1ccccc1)=C(N)C(C)(C)c1nn(-c2ccccc2)cc1C#N. The van der Waals surface area contributed by atoms with Crippen molar-refractivity contribution in [3.8, 4) is 11.8 Å². The van der Waals surface area contributed by atoms with Crippen LogP contribution in [0.3, 0.4) is 0 Å². The molecule has 0 aliphatic carbocycles. The van der Waals surface area contributed by atoms with Gasteiger partial charge >= 0.3 is 0 Å². The lowest BCUT2D eigenvalue weighted by Gasteiger charge is -2.24. The van der Waals surface area contributed by atoms with Crippen LogP contribution in [0.1, 0.15) is 25.1 Å². The summed E-state index contributed by atoms with van der Waals surface area (Å²) in [6, 6.07) is 21.0. The Kier molecular flexibility index (Phi) is 5.57. The van der Waals surface area contributed by atoms with Crippen LogP contribution in [0.15, 0.2) is 83.2 Å². The summed E-state index contributed by atoms with van der Waals surface area (Å²) >= 11 is 0. The van der Waals surface area contributed by atoms with Crippen molar-refractivity contribution in [3.63, 3.8) is 0 Å². The molecule has 1 heterocycles. The van der Waals surface area contributed by atoms with Gasteiger partial charge in [-0.1, -0.05) is 36.4 Å². The number of rotatable bonds is 5. The van der Waals surface area contributed by atoms with Gasteiger partial charge in [0.25, 0.3) is 0 Å². The van der Waals surface area contributed by atoms with Crippen molar-refractivity contribution in [2.45, 2.75) is 19.3 Å². The zero-order chi connectivity index (χ0) is 20.9. The van der Waals surface area contributed by atoms with Gasteiger partial charge in [0, 0.05) is 23.5 Å². The number of benzene rings is 2. The molecule has 1 aromatic heterocycles. The molecule has 6 heteroatoms. The molecule has 6 nitrogen and oxygen atoms in total. The molecule has 29 heavy (non-hydrogen) atoms. The average molecular weight is 380 g/mol. The first-order valence-electron chi connectivity index (χ1n) is 9.00. The Bertz CT molecular complexity index is 1140. The highest BCUT2D eigenvalue weighted by Crippen LogP contribution is 2.32. The zero-order valence-corrected chi connectivity index (χ0v) is 16.2. The minimum absolute atomic E-state index is 0.219. The van der Waals surface area contributed by atoms with Crippen molar-refractivity contribution in [3.05, 3.63) is 101 Å². The topological polar surface area (TPSA) is 84.3 Å². The number of aliphatic imine (C=N–C) groups is 1. The van der Waals surface area contributed by atoms with Crippen LogP contribution in [0.25, 0.3) is 10.5 Å². The Hall–Kier alpha value is -4.16. The Morgan fingerprint density at radius 1 is 1.17 bits per heavy atom. The summed E-state index contributed by atoms with van der Waals surface area (Å²) in [6.07, 6.45) is 3.13. The first-order valence-corrected chi connectivity index (χ1v) is 9.00. The maximum Gasteiger partial charge on any atom is 0.223 e. The second kappa shape index (κ2) is 8.24. The predicted molar refractivity (Wildman–Crippen MR) is 114 cm³/mol. The average Bonchev–Trinajstić information content (AvgIpc) is 3.21. The molecule has 0 fully saturated rings. The number of nitrogens with two attached hydrogens (primary N) is 1. The number of hydrogen-bond donors (Lipinski definition) is 1. The molecule has 0 saturated heterocycles. The van der Waals surface area contributed by atoms with Crippen molar-refractivity contribution in [1.82, 2.24) is 9.78 Å². The van der Waals surface area contributed by atoms with E-state index in [1.54, 1.807) is 10.9 Å². The van der Waals surface area contributed by atoms with Gasteiger partial charge in [-0.2, -0.15) is 10.4 Å². The summed E-state index contributed by atoms with van der Waals surface area (Å²) in [5.41, 5.74) is 8.56. The normalized spacial score (nSPS) is 12.3. The highest BCUT2D eigenvalue weighted by atomic mass is 15.3. The molecule has 3 rings (SSSR count). The molecule has 142 valence electrons. The monoisotopic (exact) mass is 380 g/mol. The number of hydrogen-bond acceptors (Lipinski definition) is 4. The second-order valence-electron chi connectivity index (χ2n) is 6.91. The van der Waals surface area contributed by atoms with E-state index in [1.807, 2.05) is 74.5 Å². The van der Waals surface area contributed by atoms with E-state index in [9.17, 15) is 5.26 Å². The molecule has 0 saturated carbocycles. The first kappa shape index (κ1) is 19.6. The molecule has 0 unspecified atom stereocenters. The smallest absolute Gasteiger partial charge is 0.223 e. The summed E-state index contributed by atoms with van der Waals surface area (Å²) in [4.78, 5) is 7.89. The van der Waals surface area contributed by atoms with Crippen LogP contribution in [-0.2, 0) is 5.41 Å². The molecule has 2 aromatic carbocycles. The summed E-state index contributed by atoms with van der Waals surface area (Å²) in [7, 11) is 0. The van der Waals surface area contributed by atoms with Gasteiger partial charge in [0.1, 0.15) is 6.07 Å². The summed E-state index contributed by atoms with van der Waals surface area (Å²) in [5, 5.41) is 14.2. The van der Waals surface area contributed by atoms with E-state index in [-0.39, 0.29) is 5.70 Å². The molecular formula is C23H20N6. The standard InChI is InChI=1S/C23H20N6/c1-23(2,21(25)20(26-3)15-27-18-10-6-4-7-11-18)22-17(14-24)16-29(28-22)19-12-8-5-9-13-19/h4-13,15-16H,25H2,1-2H3. The minimum atomic E-state index is -0.840. The molecule has 0 atom stereocenters. The highest BCUT2D eigenvalue weighted by Gasteiger charge is 2.32. The van der Waals surface area contributed by atoms with Crippen molar-refractivity contribution in [2.24, 2.45) is 10.7 Å². The lowest BCUT2D eigenvalue weighted by atomic mass is 9.83. The van der Waals surface area contributed by atoms with Crippen LogP contribution in [0, 0.1) is 17.9 Å². The molecule has 0 aliphatic rings. The van der Waals surface area contributed by atoms with Crippen molar-refractivity contribution in [2.75, 3.05) is 0 Å². The quantitative estimate of drug-likeness (QED) is 0.522. The van der Waals surface area contributed by atoms with E-state index in [1.165, 1.54) is 6.21 Å². The van der Waals surface area contributed by atoms with Crippen LogP contribution in [0.4, 0.5) is 5.69 Å². The van der Waals surface area contributed by atoms with Gasteiger partial charge in [-0.3, -0.25) is 4.99 Å². The Morgan fingerprint density at radius 3 is 2.38 bits per heavy atom. The molecule has 0 amide bonds. The summed E-state index contributed by atoms with van der Waals surface area (Å²) in [5.74, 6) is 0. The zero-order valence-electron chi connectivity index (χ0n) is 16.2. The van der Waals surface area contributed by atoms with Crippen molar-refractivity contribution in [1.29, 1.82) is 5.26 Å². The molecule has 0 bridgehead atoms. The third-order valence-corrected chi connectivity index (χ3v) is 4.61. The Balaban J connectivity index is 2.04. The fourth-order valence-corrected chi connectivity index (χ4v) is 2.89. The minimum Gasteiger partial charge on any atom is -0.410 e. The second-order valence-corrected chi connectivity index (χ2v) is 6.91. The van der Waals surface area contributed by atoms with Gasteiger partial charge in [-0.05, 0) is 38.1 Å². The van der Waals surface area contributed by atoms with Crippen LogP contribution >= 0.6 is 0 Å². The molecule has 2 N–H and O–H groups in total. The van der Waals surface area contributed by atoms with Gasteiger partial charge in [0.05, 0.1) is 29.2 Å². The van der Waals surface area contributed by atoms with Gasteiger partial charge in [0.15, 0.2) is 0 Å². The third-order valence-electron chi connectivity index (χ3n) is 4.61. The van der Waals surface area contributed by atoms with Crippen molar-refractivity contribution >= 4 is 11.9 Å².